The number of carbonyl (C=O) groups is 3. The van der Waals surface area contributed by atoms with Crippen LogP contribution in [0.3, 0.4) is 0 Å². The standard InChI is InChI=1S/C19H26O6/c1-5-7-8-15(6-2)12-23-19(22)17-11-16(24-13(3)20)9-10-18(17)25-14(4)21/h9-11,15H,5-8,12H2,1-4H3. The quantitative estimate of drug-likeness (QED) is 0.496. The molecule has 0 N–H and O–H groups in total. The van der Waals surface area contributed by atoms with E-state index in [0.29, 0.717) is 6.61 Å². The fraction of sp³-hybridized carbons (Fsp3) is 0.526. The van der Waals surface area contributed by atoms with E-state index in [0.717, 1.165) is 25.7 Å². The van der Waals surface area contributed by atoms with Gasteiger partial charge in [0.2, 0.25) is 0 Å². The fourth-order valence-corrected chi connectivity index (χ4v) is 2.31. The third-order valence-electron chi connectivity index (χ3n) is 3.68. The van der Waals surface area contributed by atoms with E-state index in [-0.39, 0.29) is 23.0 Å². The van der Waals surface area contributed by atoms with Crippen LogP contribution in [0, 0.1) is 5.92 Å². The van der Waals surface area contributed by atoms with Crippen LogP contribution in [-0.4, -0.2) is 24.5 Å². The van der Waals surface area contributed by atoms with Crippen LogP contribution in [-0.2, 0) is 14.3 Å². The maximum atomic E-state index is 12.4. The summed E-state index contributed by atoms with van der Waals surface area (Å²) in [7, 11) is 0. The van der Waals surface area contributed by atoms with Crippen molar-refractivity contribution in [3.05, 3.63) is 23.8 Å². The molecule has 1 aromatic carbocycles. The summed E-state index contributed by atoms with van der Waals surface area (Å²) < 4.78 is 15.4. The Morgan fingerprint density at radius 3 is 2.28 bits per heavy atom. The van der Waals surface area contributed by atoms with Gasteiger partial charge in [0, 0.05) is 13.8 Å². The molecule has 0 aromatic heterocycles. The van der Waals surface area contributed by atoms with E-state index in [9.17, 15) is 14.4 Å². The lowest BCUT2D eigenvalue weighted by molar-refractivity contribution is -0.133. The van der Waals surface area contributed by atoms with Crippen molar-refractivity contribution in [1.82, 2.24) is 0 Å². The highest BCUT2D eigenvalue weighted by molar-refractivity contribution is 5.94. The van der Waals surface area contributed by atoms with E-state index < -0.39 is 17.9 Å². The lowest BCUT2D eigenvalue weighted by Crippen LogP contribution is -2.16. The molecule has 1 atom stereocenters. The monoisotopic (exact) mass is 350 g/mol. The molecule has 6 heteroatoms. The third kappa shape index (κ3) is 7.37. The minimum atomic E-state index is -0.611. The zero-order chi connectivity index (χ0) is 18.8. The Labute approximate surface area is 148 Å². The van der Waals surface area contributed by atoms with Crippen LogP contribution in [0.15, 0.2) is 18.2 Å². The van der Waals surface area contributed by atoms with Gasteiger partial charge in [-0.1, -0.05) is 33.1 Å². The molecule has 0 spiro atoms. The van der Waals surface area contributed by atoms with Gasteiger partial charge in [-0.15, -0.1) is 0 Å². The third-order valence-corrected chi connectivity index (χ3v) is 3.68. The van der Waals surface area contributed by atoms with Crippen LogP contribution >= 0.6 is 0 Å². The molecule has 138 valence electrons. The van der Waals surface area contributed by atoms with Crippen molar-refractivity contribution in [3.8, 4) is 11.5 Å². The first kappa shape index (κ1) is 20.7. The highest BCUT2D eigenvalue weighted by Gasteiger charge is 2.19. The fourth-order valence-electron chi connectivity index (χ4n) is 2.31. The Bertz CT molecular complexity index is 608. The van der Waals surface area contributed by atoms with Gasteiger partial charge in [-0.25, -0.2) is 4.79 Å². The van der Waals surface area contributed by atoms with Gasteiger partial charge >= 0.3 is 17.9 Å². The second-order valence-electron chi connectivity index (χ2n) is 5.86. The van der Waals surface area contributed by atoms with Crippen molar-refractivity contribution in [3.63, 3.8) is 0 Å². The number of hydrogen-bond donors (Lipinski definition) is 0. The molecule has 0 radical (unpaired) electrons. The molecule has 6 nitrogen and oxygen atoms in total. The molecule has 0 amide bonds. The summed E-state index contributed by atoms with van der Waals surface area (Å²) in [6.07, 6.45) is 4.07. The van der Waals surface area contributed by atoms with Gasteiger partial charge < -0.3 is 14.2 Å². The average Bonchev–Trinajstić information content (AvgIpc) is 2.55. The first-order chi connectivity index (χ1) is 11.9. The van der Waals surface area contributed by atoms with E-state index in [1.807, 2.05) is 0 Å². The van der Waals surface area contributed by atoms with Crippen LogP contribution < -0.4 is 9.47 Å². The van der Waals surface area contributed by atoms with Crippen LogP contribution in [0.5, 0.6) is 11.5 Å². The Morgan fingerprint density at radius 2 is 1.72 bits per heavy atom. The van der Waals surface area contributed by atoms with Crippen molar-refractivity contribution in [2.24, 2.45) is 5.92 Å². The van der Waals surface area contributed by atoms with E-state index in [4.69, 9.17) is 14.2 Å². The van der Waals surface area contributed by atoms with Crippen LogP contribution in [0.2, 0.25) is 0 Å². The molecule has 1 aromatic rings. The SMILES string of the molecule is CCCCC(CC)COC(=O)c1cc(OC(C)=O)ccc1OC(C)=O. The maximum absolute atomic E-state index is 12.4. The van der Waals surface area contributed by atoms with Crippen molar-refractivity contribution in [1.29, 1.82) is 0 Å². The number of ether oxygens (including phenoxy) is 3. The molecular formula is C19H26O6. The van der Waals surface area contributed by atoms with E-state index in [1.54, 1.807) is 0 Å². The van der Waals surface area contributed by atoms with E-state index >= 15 is 0 Å². The van der Waals surface area contributed by atoms with Crippen molar-refractivity contribution in [2.75, 3.05) is 6.61 Å². The molecule has 0 fully saturated rings. The lowest BCUT2D eigenvalue weighted by atomic mass is 10.0. The topological polar surface area (TPSA) is 78.9 Å². The predicted molar refractivity (Wildman–Crippen MR) is 92.6 cm³/mol. The van der Waals surface area contributed by atoms with Gasteiger partial charge in [0.25, 0.3) is 0 Å². The van der Waals surface area contributed by atoms with E-state index in [1.165, 1.54) is 32.0 Å². The van der Waals surface area contributed by atoms with E-state index in [2.05, 4.69) is 13.8 Å². The Morgan fingerprint density at radius 1 is 1.04 bits per heavy atom. The van der Waals surface area contributed by atoms with Crippen LogP contribution in [0.25, 0.3) is 0 Å². The first-order valence-corrected chi connectivity index (χ1v) is 8.55. The summed E-state index contributed by atoms with van der Waals surface area (Å²) in [6, 6.07) is 4.20. The second-order valence-corrected chi connectivity index (χ2v) is 5.86. The molecule has 0 aliphatic carbocycles. The van der Waals surface area contributed by atoms with Crippen LogP contribution in [0.1, 0.15) is 63.7 Å². The summed E-state index contributed by atoms with van der Waals surface area (Å²) in [4.78, 5) is 34.7. The summed E-state index contributed by atoms with van der Waals surface area (Å²) in [6.45, 7) is 6.97. The molecule has 0 aliphatic heterocycles. The molecule has 0 aliphatic rings. The minimum absolute atomic E-state index is 0.0549. The minimum Gasteiger partial charge on any atom is -0.462 e. The summed E-state index contributed by atoms with van der Waals surface area (Å²) in [5, 5.41) is 0. The predicted octanol–water partition coefficient (Wildman–Crippen LogP) is 3.91. The number of benzene rings is 1. The summed E-state index contributed by atoms with van der Waals surface area (Å²) >= 11 is 0. The zero-order valence-electron chi connectivity index (χ0n) is 15.3. The molecule has 0 saturated carbocycles. The number of hydrogen-bond acceptors (Lipinski definition) is 6. The molecular weight excluding hydrogens is 324 g/mol. The number of unbranched alkanes of at least 4 members (excludes halogenated alkanes) is 1. The van der Waals surface area contributed by atoms with Crippen molar-refractivity contribution < 1.29 is 28.6 Å². The van der Waals surface area contributed by atoms with Gasteiger partial charge in [-0.2, -0.15) is 0 Å². The number of carbonyl (C=O) groups excluding carboxylic acids is 3. The molecule has 25 heavy (non-hydrogen) atoms. The molecule has 1 rings (SSSR count). The number of esters is 3. The van der Waals surface area contributed by atoms with Crippen LogP contribution in [0.4, 0.5) is 0 Å². The van der Waals surface area contributed by atoms with Gasteiger partial charge in [0.05, 0.1) is 6.61 Å². The normalized spacial score (nSPS) is 11.5. The number of rotatable bonds is 9. The smallest absolute Gasteiger partial charge is 0.342 e. The Kier molecular flexibility index (Phi) is 8.67. The summed E-state index contributed by atoms with van der Waals surface area (Å²) in [5.74, 6) is -1.12. The van der Waals surface area contributed by atoms with Gasteiger partial charge in [0.1, 0.15) is 17.1 Å². The average molecular weight is 350 g/mol. The maximum Gasteiger partial charge on any atom is 0.342 e. The molecule has 0 heterocycles. The second kappa shape index (κ2) is 10.5. The molecule has 0 bridgehead atoms. The van der Waals surface area contributed by atoms with Crippen molar-refractivity contribution in [2.45, 2.75) is 53.4 Å². The highest BCUT2D eigenvalue weighted by atomic mass is 16.6. The highest BCUT2D eigenvalue weighted by Crippen LogP contribution is 2.26. The molecule has 0 saturated heterocycles. The van der Waals surface area contributed by atoms with Gasteiger partial charge in [0.15, 0.2) is 0 Å². The first-order valence-electron chi connectivity index (χ1n) is 8.55. The Balaban J connectivity index is 2.91. The molecule has 1 unspecified atom stereocenters. The largest absolute Gasteiger partial charge is 0.462 e. The van der Waals surface area contributed by atoms with Gasteiger partial charge in [-0.3, -0.25) is 9.59 Å². The van der Waals surface area contributed by atoms with Gasteiger partial charge in [-0.05, 0) is 30.5 Å². The zero-order valence-corrected chi connectivity index (χ0v) is 15.3. The Hall–Kier alpha value is -2.37. The summed E-state index contributed by atoms with van der Waals surface area (Å²) in [5.41, 5.74) is 0.0549. The van der Waals surface area contributed by atoms with Crippen molar-refractivity contribution >= 4 is 17.9 Å². The lowest BCUT2D eigenvalue weighted by Gasteiger charge is -2.16.